The van der Waals surface area contributed by atoms with E-state index >= 15 is 0 Å². The van der Waals surface area contributed by atoms with Crippen molar-refractivity contribution in [2.75, 3.05) is 40.4 Å². The number of piperazine rings is 1. The Morgan fingerprint density at radius 3 is 2.36 bits per heavy atom. The second-order valence-corrected chi connectivity index (χ2v) is 7.00. The van der Waals surface area contributed by atoms with Crippen molar-refractivity contribution in [3.63, 3.8) is 0 Å². The van der Waals surface area contributed by atoms with Gasteiger partial charge in [-0.05, 0) is 46.8 Å². The highest BCUT2D eigenvalue weighted by Crippen LogP contribution is 2.46. The number of nitrogens with zero attached hydrogens (tertiary/aromatic N) is 1. The van der Waals surface area contributed by atoms with E-state index in [2.05, 4.69) is 32.2 Å². The van der Waals surface area contributed by atoms with Crippen LogP contribution in [0.25, 0.3) is 0 Å². The van der Waals surface area contributed by atoms with Gasteiger partial charge in [0.05, 0.1) is 18.7 Å². The molecule has 1 aliphatic heterocycles. The maximum absolute atomic E-state index is 5.69. The molecular weight excluding hydrogens is 344 g/mol. The van der Waals surface area contributed by atoms with E-state index in [1.807, 2.05) is 6.07 Å². The number of hydrogen-bond acceptors (Lipinski definition) is 4. The summed E-state index contributed by atoms with van der Waals surface area (Å²) in [5.41, 5.74) is 1.27. The first-order valence-electron chi connectivity index (χ1n) is 8.10. The van der Waals surface area contributed by atoms with Crippen molar-refractivity contribution in [3.05, 3.63) is 22.2 Å². The molecule has 22 heavy (non-hydrogen) atoms. The standard InChI is InChI=1S/C17H25BrN2O2/c1-21-15-11-14(18)16(22-2)10-13(15)17(12-4-3-5-12)20-8-6-19-7-9-20/h10-12,17,19H,3-9H2,1-2H3/t17-/m1/s1. The molecule has 2 aliphatic rings. The maximum atomic E-state index is 5.69. The highest BCUT2D eigenvalue weighted by Gasteiger charge is 2.35. The van der Waals surface area contributed by atoms with E-state index in [4.69, 9.17) is 9.47 Å². The van der Waals surface area contributed by atoms with Crippen LogP contribution in [0.3, 0.4) is 0 Å². The lowest BCUT2D eigenvalue weighted by Gasteiger charge is -2.43. The number of nitrogens with one attached hydrogen (secondary N) is 1. The van der Waals surface area contributed by atoms with E-state index in [0.29, 0.717) is 6.04 Å². The molecule has 5 heteroatoms. The van der Waals surface area contributed by atoms with Gasteiger partial charge in [-0.25, -0.2) is 0 Å². The van der Waals surface area contributed by atoms with Gasteiger partial charge in [0.25, 0.3) is 0 Å². The predicted octanol–water partition coefficient (Wildman–Crippen LogP) is 3.21. The predicted molar refractivity (Wildman–Crippen MR) is 91.8 cm³/mol. The largest absolute Gasteiger partial charge is 0.496 e. The molecule has 2 fully saturated rings. The minimum atomic E-state index is 0.438. The highest BCUT2D eigenvalue weighted by atomic mass is 79.9. The third kappa shape index (κ3) is 3.12. The molecule has 1 saturated carbocycles. The molecule has 0 bridgehead atoms. The molecule has 0 aromatic heterocycles. The number of benzene rings is 1. The fourth-order valence-corrected chi connectivity index (χ4v) is 4.06. The van der Waals surface area contributed by atoms with Crippen molar-refractivity contribution >= 4 is 15.9 Å². The average Bonchev–Trinajstić information content (AvgIpc) is 2.51. The zero-order valence-corrected chi connectivity index (χ0v) is 15.0. The first-order chi connectivity index (χ1) is 10.7. The zero-order chi connectivity index (χ0) is 15.5. The van der Waals surface area contributed by atoms with Crippen molar-refractivity contribution in [2.45, 2.75) is 25.3 Å². The summed E-state index contributed by atoms with van der Waals surface area (Å²) in [7, 11) is 3.48. The Bertz CT molecular complexity index is 514. The SMILES string of the molecule is COc1cc([C@@H](C2CCC2)N2CCNCC2)c(OC)cc1Br. The first kappa shape index (κ1) is 16.1. The topological polar surface area (TPSA) is 33.7 Å². The van der Waals surface area contributed by atoms with Crippen LogP contribution in [0.2, 0.25) is 0 Å². The van der Waals surface area contributed by atoms with Crippen LogP contribution in [0.4, 0.5) is 0 Å². The molecule has 0 radical (unpaired) electrons. The maximum Gasteiger partial charge on any atom is 0.133 e. The summed E-state index contributed by atoms with van der Waals surface area (Å²) in [5, 5.41) is 3.45. The Labute approximate surface area is 141 Å². The summed E-state index contributed by atoms with van der Waals surface area (Å²) in [4.78, 5) is 2.62. The zero-order valence-electron chi connectivity index (χ0n) is 13.4. The number of hydrogen-bond donors (Lipinski definition) is 1. The Kier molecular flexibility index (Phi) is 5.26. The highest BCUT2D eigenvalue weighted by molar-refractivity contribution is 9.10. The molecule has 0 spiro atoms. The lowest BCUT2D eigenvalue weighted by atomic mass is 9.76. The Hall–Kier alpha value is -0.780. The van der Waals surface area contributed by atoms with E-state index in [1.165, 1.54) is 24.8 Å². The van der Waals surface area contributed by atoms with Gasteiger partial charge in [0, 0.05) is 37.8 Å². The normalized spacial score (nSPS) is 21.2. The summed E-state index contributed by atoms with van der Waals surface area (Å²) in [6.45, 7) is 4.34. The molecule has 3 rings (SSSR count). The molecule has 1 atom stereocenters. The Morgan fingerprint density at radius 1 is 1.14 bits per heavy atom. The van der Waals surface area contributed by atoms with Crippen molar-refractivity contribution < 1.29 is 9.47 Å². The van der Waals surface area contributed by atoms with Gasteiger partial charge in [-0.3, -0.25) is 4.90 Å². The number of methoxy groups -OCH3 is 2. The third-order valence-corrected chi connectivity index (χ3v) is 5.58. The summed E-state index contributed by atoms with van der Waals surface area (Å²) in [6, 6.07) is 4.64. The molecule has 1 aliphatic carbocycles. The van der Waals surface area contributed by atoms with Crippen LogP contribution in [0.1, 0.15) is 30.9 Å². The van der Waals surface area contributed by atoms with Crippen LogP contribution in [-0.4, -0.2) is 45.3 Å². The van der Waals surface area contributed by atoms with Crippen molar-refractivity contribution in [2.24, 2.45) is 5.92 Å². The van der Waals surface area contributed by atoms with Gasteiger partial charge < -0.3 is 14.8 Å². The molecule has 0 unspecified atom stereocenters. The molecule has 1 N–H and O–H groups in total. The van der Waals surface area contributed by atoms with E-state index in [0.717, 1.165) is 48.1 Å². The van der Waals surface area contributed by atoms with Gasteiger partial charge >= 0.3 is 0 Å². The quantitative estimate of drug-likeness (QED) is 0.864. The molecule has 1 heterocycles. The monoisotopic (exact) mass is 368 g/mol. The van der Waals surface area contributed by atoms with Crippen LogP contribution in [0, 0.1) is 5.92 Å². The van der Waals surface area contributed by atoms with Crippen molar-refractivity contribution in [1.82, 2.24) is 10.2 Å². The van der Waals surface area contributed by atoms with Gasteiger partial charge in [-0.2, -0.15) is 0 Å². The van der Waals surface area contributed by atoms with Gasteiger partial charge in [-0.1, -0.05) is 6.42 Å². The molecule has 4 nitrogen and oxygen atoms in total. The summed E-state index contributed by atoms with van der Waals surface area (Å²) in [5.74, 6) is 2.58. The van der Waals surface area contributed by atoms with Crippen LogP contribution >= 0.6 is 15.9 Å². The average molecular weight is 369 g/mol. The minimum Gasteiger partial charge on any atom is -0.496 e. The molecule has 1 aromatic carbocycles. The van der Waals surface area contributed by atoms with Gasteiger partial charge in [0.1, 0.15) is 11.5 Å². The fraction of sp³-hybridized carbons (Fsp3) is 0.647. The molecule has 0 amide bonds. The van der Waals surface area contributed by atoms with Crippen molar-refractivity contribution in [1.29, 1.82) is 0 Å². The van der Waals surface area contributed by atoms with E-state index in [1.54, 1.807) is 14.2 Å². The smallest absolute Gasteiger partial charge is 0.133 e. The lowest BCUT2D eigenvalue weighted by molar-refractivity contribution is 0.0817. The number of rotatable bonds is 5. The van der Waals surface area contributed by atoms with E-state index < -0.39 is 0 Å². The summed E-state index contributed by atoms with van der Waals surface area (Å²) in [6.07, 6.45) is 3.98. The number of ether oxygens (including phenoxy) is 2. The molecule has 122 valence electrons. The second kappa shape index (κ2) is 7.20. The van der Waals surface area contributed by atoms with E-state index in [9.17, 15) is 0 Å². The van der Waals surface area contributed by atoms with E-state index in [-0.39, 0.29) is 0 Å². The minimum absolute atomic E-state index is 0.438. The molecular formula is C17H25BrN2O2. The van der Waals surface area contributed by atoms with Gasteiger partial charge in [-0.15, -0.1) is 0 Å². The Morgan fingerprint density at radius 2 is 1.82 bits per heavy atom. The van der Waals surface area contributed by atoms with Gasteiger partial charge in [0.2, 0.25) is 0 Å². The van der Waals surface area contributed by atoms with Crippen LogP contribution in [-0.2, 0) is 0 Å². The fourth-order valence-electron chi connectivity index (χ4n) is 3.58. The van der Waals surface area contributed by atoms with Crippen molar-refractivity contribution in [3.8, 4) is 11.5 Å². The third-order valence-electron chi connectivity index (χ3n) is 4.96. The summed E-state index contributed by atoms with van der Waals surface area (Å²) >= 11 is 3.57. The summed E-state index contributed by atoms with van der Waals surface area (Å²) < 4.78 is 12.2. The van der Waals surface area contributed by atoms with Crippen LogP contribution in [0.15, 0.2) is 16.6 Å². The lowest BCUT2D eigenvalue weighted by Crippen LogP contribution is -2.47. The van der Waals surface area contributed by atoms with Gasteiger partial charge in [0.15, 0.2) is 0 Å². The van der Waals surface area contributed by atoms with Crippen LogP contribution in [0.5, 0.6) is 11.5 Å². The molecule has 1 saturated heterocycles. The molecule has 1 aromatic rings. The first-order valence-corrected chi connectivity index (χ1v) is 8.90. The van der Waals surface area contributed by atoms with Crippen LogP contribution < -0.4 is 14.8 Å². The second-order valence-electron chi connectivity index (χ2n) is 6.15. The Balaban J connectivity index is 1.98. The number of halogens is 1.